The topological polar surface area (TPSA) is 3.88 Å². The van der Waals surface area contributed by atoms with E-state index in [1.807, 2.05) is 6.07 Å². The second kappa shape index (κ2) is 3.76. The summed E-state index contributed by atoms with van der Waals surface area (Å²) in [6.07, 6.45) is 3.15. The molecule has 69 valence electrons. The predicted molar refractivity (Wildman–Crippen MR) is 51.8 cm³/mol. The quantitative estimate of drug-likeness (QED) is 0.633. The Morgan fingerprint density at radius 3 is 2.93 bits per heavy atom. The fraction of sp³-hybridized carbons (Fsp3) is 0. The molecule has 0 atom stereocenters. The first-order valence-corrected chi connectivity index (χ1v) is 4.48. The zero-order chi connectivity index (χ0) is 9.97. The summed E-state index contributed by atoms with van der Waals surface area (Å²) in [5.74, 6) is -0.281. The van der Waals surface area contributed by atoms with E-state index in [-0.39, 0.29) is 5.82 Å². The van der Waals surface area contributed by atoms with Gasteiger partial charge in [-0.15, -0.1) is 0 Å². The van der Waals surface area contributed by atoms with Crippen molar-refractivity contribution >= 4 is 11.6 Å². The maximum Gasteiger partial charge on any atom is 0.212 e. The van der Waals surface area contributed by atoms with Crippen LogP contribution in [0.4, 0.5) is 4.39 Å². The minimum absolute atomic E-state index is 0.281. The highest BCUT2D eigenvalue weighted by molar-refractivity contribution is 6.30. The summed E-state index contributed by atoms with van der Waals surface area (Å²) in [6.45, 7) is 0. The molecule has 2 rings (SSSR count). The lowest BCUT2D eigenvalue weighted by molar-refractivity contribution is -0.597. The van der Waals surface area contributed by atoms with E-state index in [2.05, 4.69) is 6.07 Å². The molecule has 0 amide bonds. The summed E-state index contributed by atoms with van der Waals surface area (Å²) in [7, 11) is 0. The molecule has 0 unspecified atom stereocenters. The van der Waals surface area contributed by atoms with Crippen LogP contribution in [0, 0.1) is 11.9 Å². The van der Waals surface area contributed by atoms with Crippen molar-refractivity contribution < 1.29 is 8.96 Å². The molecule has 1 aromatic carbocycles. The highest BCUT2D eigenvalue weighted by Gasteiger charge is 2.06. The Bertz CT molecular complexity index is 413. The Kier molecular flexibility index (Phi) is 2.46. The molecule has 1 aromatic heterocycles. The molecule has 0 aliphatic heterocycles. The second-order valence-electron chi connectivity index (χ2n) is 2.82. The number of hydrogen-bond donors (Lipinski definition) is 0. The van der Waals surface area contributed by atoms with Crippen molar-refractivity contribution in [3.8, 4) is 5.69 Å². The molecule has 0 saturated carbocycles. The van der Waals surface area contributed by atoms with Gasteiger partial charge in [-0.25, -0.2) is 4.39 Å². The molecule has 1 radical (unpaired) electrons. The van der Waals surface area contributed by atoms with Gasteiger partial charge in [0, 0.05) is 24.3 Å². The summed E-state index contributed by atoms with van der Waals surface area (Å²) >= 11 is 5.77. The number of nitrogens with zero attached hydrogens (tertiary/aromatic N) is 1. The molecule has 1 nitrogen and oxygen atoms in total. The molecule has 14 heavy (non-hydrogen) atoms. The Morgan fingerprint density at radius 1 is 1.36 bits per heavy atom. The van der Waals surface area contributed by atoms with E-state index < -0.39 is 0 Å². The normalized spacial score (nSPS) is 10.1. The van der Waals surface area contributed by atoms with Crippen molar-refractivity contribution in [2.24, 2.45) is 0 Å². The Hall–Kier alpha value is -1.41. The van der Waals surface area contributed by atoms with Crippen molar-refractivity contribution in [3.05, 3.63) is 59.6 Å². The lowest BCUT2D eigenvalue weighted by Crippen LogP contribution is -2.29. The monoisotopic (exact) mass is 207 g/mol. The summed E-state index contributed by atoms with van der Waals surface area (Å²) in [5.41, 5.74) is 0.813. The first-order valence-electron chi connectivity index (χ1n) is 4.10. The van der Waals surface area contributed by atoms with E-state index in [0.717, 1.165) is 5.69 Å². The third-order valence-corrected chi connectivity index (χ3v) is 2.03. The van der Waals surface area contributed by atoms with Crippen molar-refractivity contribution in [1.82, 2.24) is 0 Å². The van der Waals surface area contributed by atoms with E-state index in [1.54, 1.807) is 29.0 Å². The average molecular weight is 208 g/mol. The number of rotatable bonds is 1. The number of pyridine rings is 1. The van der Waals surface area contributed by atoms with Gasteiger partial charge in [0.05, 0.1) is 5.02 Å². The summed E-state index contributed by atoms with van der Waals surface area (Å²) in [6, 6.07) is 11.1. The zero-order valence-corrected chi connectivity index (χ0v) is 8.00. The van der Waals surface area contributed by atoms with Gasteiger partial charge in [0.15, 0.2) is 12.0 Å². The minimum atomic E-state index is -0.281. The van der Waals surface area contributed by atoms with Gasteiger partial charge in [-0.1, -0.05) is 11.6 Å². The third-order valence-electron chi connectivity index (χ3n) is 1.81. The predicted octanol–water partition coefficient (Wildman–Crippen LogP) is 2.56. The molecule has 0 N–H and O–H groups in total. The van der Waals surface area contributed by atoms with Gasteiger partial charge < -0.3 is 0 Å². The standard InChI is InChI=1S/C11H7ClFN/c12-9-3-1-5-11(7-9)14-6-2-4-10(13)8-14/h1-2,4-8H/q+1. The highest BCUT2D eigenvalue weighted by Crippen LogP contribution is 2.09. The SMILES string of the molecule is Fc1ccc[n+](-c2cc[c]c(Cl)c2)c1. The van der Waals surface area contributed by atoms with Gasteiger partial charge >= 0.3 is 0 Å². The van der Waals surface area contributed by atoms with E-state index >= 15 is 0 Å². The molecule has 3 heteroatoms. The van der Waals surface area contributed by atoms with Gasteiger partial charge in [0.2, 0.25) is 11.9 Å². The van der Waals surface area contributed by atoms with Crippen LogP contribution in [0.25, 0.3) is 5.69 Å². The molecule has 0 saturated heterocycles. The summed E-state index contributed by atoms with van der Waals surface area (Å²) < 4.78 is 14.6. The smallest absolute Gasteiger partial charge is 0.200 e. The van der Waals surface area contributed by atoms with E-state index in [0.29, 0.717) is 5.02 Å². The second-order valence-corrected chi connectivity index (χ2v) is 3.23. The molecular weight excluding hydrogens is 201 g/mol. The van der Waals surface area contributed by atoms with E-state index in [1.165, 1.54) is 12.3 Å². The number of halogens is 2. The fourth-order valence-electron chi connectivity index (χ4n) is 1.19. The van der Waals surface area contributed by atoms with Crippen molar-refractivity contribution in [2.75, 3.05) is 0 Å². The number of benzene rings is 1. The Balaban J connectivity index is 2.49. The summed E-state index contributed by atoms with van der Waals surface area (Å²) in [5, 5.41) is 0.513. The van der Waals surface area contributed by atoms with Crippen LogP contribution in [-0.4, -0.2) is 0 Å². The van der Waals surface area contributed by atoms with Gasteiger partial charge in [0.25, 0.3) is 0 Å². The van der Waals surface area contributed by atoms with Crippen LogP contribution in [0.3, 0.4) is 0 Å². The molecule has 2 aromatic rings. The van der Waals surface area contributed by atoms with Gasteiger partial charge in [-0.2, -0.15) is 4.57 Å². The van der Waals surface area contributed by atoms with E-state index in [4.69, 9.17) is 11.6 Å². The lowest BCUT2D eigenvalue weighted by atomic mass is 10.3. The molecule has 0 aliphatic carbocycles. The van der Waals surface area contributed by atoms with Crippen LogP contribution in [0.1, 0.15) is 0 Å². The molecule has 0 spiro atoms. The van der Waals surface area contributed by atoms with Gasteiger partial charge in [0.1, 0.15) is 0 Å². The van der Waals surface area contributed by atoms with Gasteiger partial charge in [-0.3, -0.25) is 0 Å². The maximum absolute atomic E-state index is 12.9. The van der Waals surface area contributed by atoms with Crippen LogP contribution in [0.15, 0.2) is 42.7 Å². The van der Waals surface area contributed by atoms with E-state index in [9.17, 15) is 4.39 Å². The van der Waals surface area contributed by atoms with Gasteiger partial charge in [-0.05, 0) is 12.1 Å². The van der Waals surface area contributed by atoms with Crippen LogP contribution >= 0.6 is 11.6 Å². The maximum atomic E-state index is 12.9. The van der Waals surface area contributed by atoms with Crippen LogP contribution < -0.4 is 4.57 Å². The largest absolute Gasteiger partial charge is 0.212 e. The molecule has 0 fully saturated rings. The molecule has 0 aliphatic rings. The first kappa shape index (κ1) is 9.16. The molecular formula is C11H7ClFN+. The van der Waals surface area contributed by atoms with Crippen LogP contribution in [0.2, 0.25) is 5.02 Å². The van der Waals surface area contributed by atoms with Crippen molar-refractivity contribution in [2.45, 2.75) is 0 Å². The highest BCUT2D eigenvalue weighted by atomic mass is 35.5. The number of hydrogen-bond acceptors (Lipinski definition) is 0. The molecule has 1 heterocycles. The van der Waals surface area contributed by atoms with Crippen LogP contribution in [0.5, 0.6) is 0 Å². The van der Waals surface area contributed by atoms with Crippen molar-refractivity contribution in [1.29, 1.82) is 0 Å². The summed E-state index contributed by atoms with van der Waals surface area (Å²) in [4.78, 5) is 0. The Labute approximate surface area is 86.4 Å². The first-order chi connectivity index (χ1) is 6.75. The molecule has 0 bridgehead atoms. The minimum Gasteiger partial charge on any atom is -0.200 e. The third kappa shape index (κ3) is 1.91. The van der Waals surface area contributed by atoms with Crippen molar-refractivity contribution in [3.63, 3.8) is 0 Å². The Morgan fingerprint density at radius 2 is 2.21 bits per heavy atom. The lowest BCUT2D eigenvalue weighted by Gasteiger charge is -1.95. The fourth-order valence-corrected chi connectivity index (χ4v) is 1.37. The van der Waals surface area contributed by atoms with Crippen LogP contribution in [-0.2, 0) is 0 Å². The zero-order valence-electron chi connectivity index (χ0n) is 7.24. The average Bonchev–Trinajstić information content (AvgIpc) is 2.18. The number of aromatic nitrogens is 1.